The smallest absolute Gasteiger partial charge is 0.313 e. The number of aliphatic hydroxyl groups is 1. The number of rotatable bonds is 13. The third-order valence-corrected chi connectivity index (χ3v) is 5.32. The fraction of sp³-hybridized carbons (Fsp3) is 0.714. The van der Waals surface area contributed by atoms with E-state index in [1.54, 1.807) is 18.2 Å². The predicted octanol–water partition coefficient (Wildman–Crippen LogP) is 4.67. The van der Waals surface area contributed by atoms with Crippen LogP contribution in [0.3, 0.4) is 0 Å². The van der Waals surface area contributed by atoms with Crippen LogP contribution in [-0.2, 0) is 9.59 Å². The van der Waals surface area contributed by atoms with Crippen molar-refractivity contribution >= 4 is 12.3 Å². The van der Waals surface area contributed by atoms with Gasteiger partial charge in [0.05, 0.1) is 11.5 Å². The van der Waals surface area contributed by atoms with Gasteiger partial charge in [0.2, 0.25) is 0 Å². The van der Waals surface area contributed by atoms with E-state index >= 15 is 0 Å². The zero-order chi connectivity index (χ0) is 18.5. The van der Waals surface area contributed by atoms with E-state index < -0.39 is 17.5 Å². The summed E-state index contributed by atoms with van der Waals surface area (Å²) in [7, 11) is 0. The SMILES string of the molecule is CCCCC[C@H](O)/C=C\[C@@](CC/C=C/CC=O)(C(=O)O)C1CCCC1. The Morgan fingerprint density at radius 3 is 2.56 bits per heavy atom. The number of carbonyl (C=O) groups excluding carboxylic acids is 1. The monoisotopic (exact) mass is 350 g/mol. The van der Waals surface area contributed by atoms with Crippen LogP contribution in [0.4, 0.5) is 0 Å². The highest BCUT2D eigenvalue weighted by Crippen LogP contribution is 2.45. The lowest BCUT2D eigenvalue weighted by atomic mass is 9.70. The fourth-order valence-electron chi connectivity index (χ4n) is 3.79. The molecule has 0 amide bonds. The normalized spacial score (nSPS) is 19.4. The number of aliphatic carboxylic acids is 1. The predicted molar refractivity (Wildman–Crippen MR) is 100 cm³/mol. The van der Waals surface area contributed by atoms with Gasteiger partial charge in [-0.25, -0.2) is 0 Å². The summed E-state index contributed by atoms with van der Waals surface area (Å²) in [6, 6.07) is 0. The summed E-state index contributed by atoms with van der Waals surface area (Å²) >= 11 is 0. The van der Waals surface area contributed by atoms with Crippen LogP contribution in [0.1, 0.15) is 77.6 Å². The van der Waals surface area contributed by atoms with E-state index in [2.05, 4.69) is 6.92 Å². The van der Waals surface area contributed by atoms with E-state index in [1.807, 2.05) is 6.08 Å². The zero-order valence-corrected chi connectivity index (χ0v) is 15.5. The molecule has 2 atom stereocenters. The Morgan fingerprint density at radius 2 is 1.96 bits per heavy atom. The van der Waals surface area contributed by atoms with E-state index in [0.717, 1.165) is 51.2 Å². The lowest BCUT2D eigenvalue weighted by molar-refractivity contribution is -0.149. The van der Waals surface area contributed by atoms with Crippen molar-refractivity contribution in [3.05, 3.63) is 24.3 Å². The van der Waals surface area contributed by atoms with Crippen molar-refractivity contribution in [1.29, 1.82) is 0 Å². The molecular weight excluding hydrogens is 316 g/mol. The van der Waals surface area contributed by atoms with Crippen molar-refractivity contribution in [2.75, 3.05) is 0 Å². The van der Waals surface area contributed by atoms with Gasteiger partial charge < -0.3 is 15.0 Å². The Bertz CT molecular complexity index is 449. The molecule has 0 spiro atoms. The molecule has 2 N–H and O–H groups in total. The largest absolute Gasteiger partial charge is 0.481 e. The minimum atomic E-state index is -0.909. The molecule has 1 fully saturated rings. The lowest BCUT2D eigenvalue weighted by Crippen LogP contribution is -2.36. The quantitative estimate of drug-likeness (QED) is 0.287. The minimum Gasteiger partial charge on any atom is -0.481 e. The second-order valence-electron chi connectivity index (χ2n) is 7.16. The van der Waals surface area contributed by atoms with Crippen LogP contribution in [0.25, 0.3) is 0 Å². The number of hydrogen-bond acceptors (Lipinski definition) is 3. The summed E-state index contributed by atoms with van der Waals surface area (Å²) in [5.41, 5.74) is -0.909. The van der Waals surface area contributed by atoms with Crippen molar-refractivity contribution in [1.82, 2.24) is 0 Å². The second kappa shape index (κ2) is 12.0. The van der Waals surface area contributed by atoms with Gasteiger partial charge in [0, 0.05) is 6.42 Å². The minimum absolute atomic E-state index is 0.128. The van der Waals surface area contributed by atoms with Gasteiger partial charge >= 0.3 is 5.97 Å². The number of carbonyl (C=O) groups is 2. The molecule has 0 saturated heterocycles. The number of allylic oxidation sites excluding steroid dienone is 2. The highest BCUT2D eigenvalue weighted by Gasteiger charge is 2.44. The molecule has 1 saturated carbocycles. The number of hydrogen-bond donors (Lipinski definition) is 2. The molecule has 0 aromatic carbocycles. The molecule has 0 heterocycles. The molecule has 1 rings (SSSR count). The Morgan fingerprint density at radius 1 is 1.24 bits per heavy atom. The summed E-state index contributed by atoms with van der Waals surface area (Å²) in [4.78, 5) is 22.6. The first kappa shape index (κ1) is 21.6. The van der Waals surface area contributed by atoms with E-state index in [4.69, 9.17) is 0 Å². The van der Waals surface area contributed by atoms with Crippen molar-refractivity contribution in [2.45, 2.75) is 83.7 Å². The summed E-state index contributed by atoms with van der Waals surface area (Å²) in [6.45, 7) is 2.12. The highest BCUT2D eigenvalue weighted by molar-refractivity contribution is 5.77. The molecule has 1 aliphatic carbocycles. The molecule has 0 aliphatic heterocycles. The van der Waals surface area contributed by atoms with Crippen molar-refractivity contribution in [2.24, 2.45) is 11.3 Å². The van der Waals surface area contributed by atoms with Crippen LogP contribution in [0.15, 0.2) is 24.3 Å². The van der Waals surface area contributed by atoms with E-state index in [9.17, 15) is 19.8 Å². The van der Waals surface area contributed by atoms with Gasteiger partial charge in [0.1, 0.15) is 6.29 Å². The van der Waals surface area contributed by atoms with Gasteiger partial charge in [-0.05, 0) is 38.0 Å². The first-order valence-corrected chi connectivity index (χ1v) is 9.76. The number of carboxylic acid groups (broad SMARTS) is 1. The molecule has 142 valence electrons. The second-order valence-corrected chi connectivity index (χ2v) is 7.16. The zero-order valence-electron chi connectivity index (χ0n) is 15.5. The first-order valence-electron chi connectivity index (χ1n) is 9.76. The van der Waals surface area contributed by atoms with Crippen LogP contribution in [0.5, 0.6) is 0 Å². The Kier molecular flexibility index (Phi) is 10.4. The average Bonchev–Trinajstić information content (AvgIpc) is 3.12. The first-order chi connectivity index (χ1) is 12.1. The van der Waals surface area contributed by atoms with E-state index in [0.29, 0.717) is 25.7 Å². The van der Waals surface area contributed by atoms with Crippen LogP contribution in [0.2, 0.25) is 0 Å². The summed E-state index contributed by atoms with van der Waals surface area (Å²) in [5.74, 6) is -0.663. The maximum atomic E-state index is 12.2. The van der Waals surface area contributed by atoms with Gasteiger partial charge in [-0.3, -0.25) is 4.79 Å². The van der Waals surface area contributed by atoms with Gasteiger partial charge in [-0.1, -0.05) is 63.3 Å². The molecule has 1 aliphatic rings. The maximum absolute atomic E-state index is 12.2. The molecule has 0 aromatic rings. The molecule has 0 radical (unpaired) electrons. The highest BCUT2D eigenvalue weighted by atomic mass is 16.4. The molecule has 4 heteroatoms. The van der Waals surface area contributed by atoms with Crippen molar-refractivity contribution in [3.8, 4) is 0 Å². The summed E-state index contributed by atoms with van der Waals surface area (Å²) < 4.78 is 0. The Hall–Kier alpha value is -1.42. The van der Waals surface area contributed by atoms with Crippen molar-refractivity contribution in [3.63, 3.8) is 0 Å². The van der Waals surface area contributed by atoms with Crippen LogP contribution in [0, 0.1) is 11.3 Å². The van der Waals surface area contributed by atoms with Gasteiger partial charge in [-0.2, -0.15) is 0 Å². The third kappa shape index (κ3) is 7.15. The standard InChI is InChI=1S/C21H34O4/c1-2-3-6-13-19(23)14-16-21(20(24)25,18-11-7-8-12-18)15-9-4-5-10-17-22/h4-5,14,16-19,23H,2-3,6-13,15H2,1H3,(H,24,25)/b5-4+,16-14-/t19-,21+/m0/s1. The molecule has 4 nitrogen and oxygen atoms in total. The van der Waals surface area contributed by atoms with Crippen LogP contribution >= 0.6 is 0 Å². The third-order valence-electron chi connectivity index (χ3n) is 5.32. The topological polar surface area (TPSA) is 74.6 Å². The van der Waals surface area contributed by atoms with Gasteiger partial charge in [-0.15, -0.1) is 0 Å². The molecule has 0 unspecified atom stereocenters. The molecular formula is C21H34O4. The number of unbranched alkanes of at least 4 members (excludes halogenated alkanes) is 2. The van der Waals surface area contributed by atoms with Gasteiger partial charge in [0.15, 0.2) is 0 Å². The maximum Gasteiger partial charge on any atom is 0.313 e. The molecule has 0 bridgehead atoms. The number of aldehydes is 1. The number of carboxylic acids is 1. The molecule has 0 aromatic heterocycles. The van der Waals surface area contributed by atoms with Crippen molar-refractivity contribution < 1.29 is 19.8 Å². The Labute approximate surface area is 152 Å². The summed E-state index contributed by atoms with van der Waals surface area (Å²) in [5, 5.41) is 20.2. The molecule has 25 heavy (non-hydrogen) atoms. The van der Waals surface area contributed by atoms with Gasteiger partial charge in [0.25, 0.3) is 0 Å². The average molecular weight is 350 g/mol. The fourth-order valence-corrected chi connectivity index (χ4v) is 3.79. The van der Waals surface area contributed by atoms with Crippen LogP contribution < -0.4 is 0 Å². The van der Waals surface area contributed by atoms with Crippen LogP contribution in [-0.4, -0.2) is 28.6 Å². The summed E-state index contributed by atoms with van der Waals surface area (Å²) in [6.07, 6.45) is 16.8. The lowest BCUT2D eigenvalue weighted by Gasteiger charge is -2.32. The van der Waals surface area contributed by atoms with E-state index in [-0.39, 0.29) is 5.92 Å². The Balaban J connectivity index is 2.83. The van der Waals surface area contributed by atoms with E-state index in [1.165, 1.54) is 0 Å². The number of aliphatic hydroxyl groups excluding tert-OH is 1.